The molecule has 0 amide bonds. The fourth-order valence-electron chi connectivity index (χ4n) is 2.09. The van der Waals surface area contributed by atoms with Crippen LogP contribution in [0.3, 0.4) is 0 Å². The standard InChI is InChI=1S/C15H18O5S/c1-3-19-15(17)13(16)11-5-4-6-12(14(11)18-2)20-10-7-8-21-9-10/h4-6,10H,3,7-9H2,1-2H3. The van der Waals surface area contributed by atoms with Gasteiger partial charge in [0.05, 0.1) is 19.3 Å². The number of ketones is 1. The van der Waals surface area contributed by atoms with Crippen molar-refractivity contribution in [3.8, 4) is 11.5 Å². The summed E-state index contributed by atoms with van der Waals surface area (Å²) in [4.78, 5) is 23.7. The molecule has 0 aromatic heterocycles. The number of carbonyl (C=O) groups is 2. The predicted octanol–water partition coefficient (Wildman–Crippen LogP) is 2.33. The first-order valence-electron chi connectivity index (χ1n) is 6.80. The van der Waals surface area contributed by atoms with E-state index in [0.717, 1.165) is 17.9 Å². The lowest BCUT2D eigenvalue weighted by molar-refractivity contribution is -0.137. The first kappa shape index (κ1) is 15.7. The highest BCUT2D eigenvalue weighted by molar-refractivity contribution is 7.99. The summed E-state index contributed by atoms with van der Waals surface area (Å²) in [7, 11) is 1.45. The molecule has 0 aliphatic carbocycles. The van der Waals surface area contributed by atoms with Gasteiger partial charge in [-0.15, -0.1) is 0 Å². The van der Waals surface area contributed by atoms with Gasteiger partial charge < -0.3 is 14.2 Å². The van der Waals surface area contributed by atoms with Crippen LogP contribution in [0.1, 0.15) is 23.7 Å². The summed E-state index contributed by atoms with van der Waals surface area (Å²) >= 11 is 1.83. The van der Waals surface area contributed by atoms with Crippen LogP contribution in [0.15, 0.2) is 18.2 Å². The van der Waals surface area contributed by atoms with Crippen LogP contribution in [0, 0.1) is 0 Å². The molecular formula is C15H18O5S. The van der Waals surface area contributed by atoms with Crippen LogP contribution in [-0.4, -0.2) is 43.1 Å². The lowest BCUT2D eigenvalue weighted by atomic mass is 10.1. The van der Waals surface area contributed by atoms with Gasteiger partial charge in [0.15, 0.2) is 11.5 Å². The second-order valence-corrected chi connectivity index (χ2v) is 5.64. The highest BCUT2D eigenvalue weighted by atomic mass is 32.2. The van der Waals surface area contributed by atoms with Crippen LogP contribution in [0.25, 0.3) is 0 Å². The van der Waals surface area contributed by atoms with Gasteiger partial charge in [-0.2, -0.15) is 11.8 Å². The van der Waals surface area contributed by atoms with Gasteiger partial charge >= 0.3 is 5.97 Å². The van der Waals surface area contributed by atoms with Crippen LogP contribution >= 0.6 is 11.8 Å². The van der Waals surface area contributed by atoms with Gasteiger partial charge in [-0.25, -0.2) is 4.79 Å². The molecule has 1 unspecified atom stereocenters. The summed E-state index contributed by atoms with van der Waals surface area (Å²) in [6.45, 7) is 1.81. The molecule has 0 saturated carbocycles. The summed E-state index contributed by atoms with van der Waals surface area (Å²) < 4.78 is 15.9. The number of ether oxygens (including phenoxy) is 3. The van der Waals surface area contributed by atoms with Crippen LogP contribution in [-0.2, 0) is 9.53 Å². The highest BCUT2D eigenvalue weighted by Crippen LogP contribution is 2.34. The second kappa shape index (κ2) is 7.36. The summed E-state index contributed by atoms with van der Waals surface area (Å²) in [5.74, 6) is 1.14. The first-order valence-corrected chi connectivity index (χ1v) is 7.95. The zero-order chi connectivity index (χ0) is 15.2. The molecule has 0 N–H and O–H groups in total. The van der Waals surface area contributed by atoms with Gasteiger partial charge in [0.2, 0.25) is 0 Å². The summed E-state index contributed by atoms with van der Waals surface area (Å²) in [5, 5.41) is 0. The van der Waals surface area contributed by atoms with E-state index in [9.17, 15) is 9.59 Å². The van der Waals surface area contributed by atoms with Gasteiger partial charge in [-0.1, -0.05) is 6.07 Å². The lowest BCUT2D eigenvalue weighted by Crippen LogP contribution is -2.20. The second-order valence-electron chi connectivity index (χ2n) is 4.49. The van der Waals surface area contributed by atoms with Gasteiger partial charge in [0.1, 0.15) is 6.10 Å². The minimum Gasteiger partial charge on any atom is -0.492 e. The van der Waals surface area contributed by atoms with Crippen molar-refractivity contribution in [2.45, 2.75) is 19.4 Å². The molecule has 1 aromatic carbocycles. The Labute approximate surface area is 127 Å². The van der Waals surface area contributed by atoms with E-state index in [-0.39, 0.29) is 24.0 Å². The summed E-state index contributed by atoms with van der Waals surface area (Å²) in [6.07, 6.45) is 1.07. The summed E-state index contributed by atoms with van der Waals surface area (Å²) in [6, 6.07) is 4.95. The molecule has 0 bridgehead atoms. The number of Topliss-reactive ketones (excluding diaryl/α,β-unsaturated/α-hetero) is 1. The topological polar surface area (TPSA) is 61.8 Å². The third kappa shape index (κ3) is 3.69. The van der Waals surface area contributed by atoms with E-state index >= 15 is 0 Å². The zero-order valence-corrected chi connectivity index (χ0v) is 12.9. The largest absolute Gasteiger partial charge is 0.492 e. The Morgan fingerprint density at radius 3 is 2.81 bits per heavy atom. The highest BCUT2D eigenvalue weighted by Gasteiger charge is 2.25. The molecule has 1 atom stereocenters. The third-order valence-electron chi connectivity index (χ3n) is 3.07. The van der Waals surface area contributed by atoms with E-state index in [2.05, 4.69) is 0 Å². The normalized spacial score (nSPS) is 17.3. The Morgan fingerprint density at radius 1 is 1.38 bits per heavy atom. The Balaban J connectivity index is 2.25. The number of para-hydroxylation sites is 1. The molecule has 1 aromatic rings. The molecule has 1 fully saturated rings. The molecule has 1 saturated heterocycles. The van der Waals surface area contributed by atoms with E-state index in [1.165, 1.54) is 13.2 Å². The van der Waals surface area contributed by atoms with Gasteiger partial charge in [0, 0.05) is 5.75 Å². The first-order chi connectivity index (χ1) is 10.2. The van der Waals surface area contributed by atoms with E-state index in [1.807, 2.05) is 11.8 Å². The quantitative estimate of drug-likeness (QED) is 0.456. The Morgan fingerprint density at radius 2 is 2.19 bits per heavy atom. The number of esters is 1. The van der Waals surface area contributed by atoms with Crippen LogP contribution in [0.5, 0.6) is 11.5 Å². The van der Waals surface area contributed by atoms with Crippen molar-refractivity contribution < 1.29 is 23.8 Å². The molecule has 21 heavy (non-hydrogen) atoms. The number of hydrogen-bond donors (Lipinski definition) is 0. The zero-order valence-electron chi connectivity index (χ0n) is 12.1. The van der Waals surface area contributed by atoms with Crippen molar-refractivity contribution in [2.75, 3.05) is 25.2 Å². The molecule has 1 aliphatic heterocycles. The van der Waals surface area contributed by atoms with Crippen molar-refractivity contribution in [3.05, 3.63) is 23.8 Å². The maximum absolute atomic E-state index is 12.1. The number of carbonyl (C=O) groups excluding carboxylic acids is 2. The maximum atomic E-state index is 12.1. The van der Waals surface area contributed by atoms with Crippen molar-refractivity contribution in [2.24, 2.45) is 0 Å². The third-order valence-corrected chi connectivity index (χ3v) is 4.20. The molecule has 2 rings (SSSR count). The minimum atomic E-state index is -0.885. The lowest BCUT2D eigenvalue weighted by Gasteiger charge is -2.17. The van der Waals surface area contributed by atoms with Crippen molar-refractivity contribution in [1.82, 2.24) is 0 Å². The molecule has 0 spiro atoms. The predicted molar refractivity (Wildman–Crippen MR) is 80.3 cm³/mol. The van der Waals surface area contributed by atoms with Crippen LogP contribution in [0.4, 0.5) is 0 Å². The Hall–Kier alpha value is -1.69. The number of hydrogen-bond acceptors (Lipinski definition) is 6. The average Bonchev–Trinajstić information content (AvgIpc) is 2.99. The molecule has 1 heterocycles. The molecular weight excluding hydrogens is 292 g/mol. The van der Waals surface area contributed by atoms with Gasteiger partial charge in [-0.3, -0.25) is 4.79 Å². The number of benzene rings is 1. The average molecular weight is 310 g/mol. The maximum Gasteiger partial charge on any atom is 0.379 e. The monoisotopic (exact) mass is 310 g/mol. The Bertz CT molecular complexity index is 523. The molecule has 1 aliphatic rings. The molecule has 6 heteroatoms. The fraction of sp³-hybridized carbons (Fsp3) is 0.467. The molecule has 114 valence electrons. The molecule has 0 radical (unpaired) electrons. The smallest absolute Gasteiger partial charge is 0.379 e. The van der Waals surface area contributed by atoms with Crippen molar-refractivity contribution >= 4 is 23.5 Å². The molecule has 5 nitrogen and oxygen atoms in total. The van der Waals surface area contributed by atoms with Crippen molar-refractivity contribution in [3.63, 3.8) is 0 Å². The minimum absolute atomic E-state index is 0.108. The van der Waals surface area contributed by atoms with E-state index < -0.39 is 11.8 Å². The van der Waals surface area contributed by atoms with Crippen LogP contribution in [0.2, 0.25) is 0 Å². The number of rotatable bonds is 6. The summed E-state index contributed by atoms with van der Waals surface area (Å²) in [5.41, 5.74) is 0.166. The van der Waals surface area contributed by atoms with Gasteiger partial charge in [0.25, 0.3) is 5.78 Å². The Kier molecular flexibility index (Phi) is 5.50. The van der Waals surface area contributed by atoms with E-state index in [4.69, 9.17) is 14.2 Å². The van der Waals surface area contributed by atoms with E-state index in [0.29, 0.717) is 5.75 Å². The van der Waals surface area contributed by atoms with E-state index in [1.54, 1.807) is 19.1 Å². The van der Waals surface area contributed by atoms with Gasteiger partial charge in [-0.05, 0) is 31.2 Å². The SMILES string of the molecule is CCOC(=O)C(=O)c1cccc(OC2CCSC2)c1OC. The number of thioether (sulfide) groups is 1. The van der Waals surface area contributed by atoms with Crippen molar-refractivity contribution in [1.29, 1.82) is 0 Å². The fourth-order valence-corrected chi connectivity index (χ4v) is 3.18. The van der Waals surface area contributed by atoms with Crippen LogP contribution < -0.4 is 9.47 Å². The number of methoxy groups -OCH3 is 1.